The van der Waals surface area contributed by atoms with E-state index in [1.807, 2.05) is 13.8 Å². The quantitative estimate of drug-likeness (QED) is 0.804. The zero-order valence-electron chi connectivity index (χ0n) is 12.6. The smallest absolute Gasteiger partial charge is 0.328 e. The first-order valence-corrected chi connectivity index (χ1v) is 6.63. The van der Waals surface area contributed by atoms with Crippen molar-refractivity contribution < 1.29 is 9.53 Å². The third-order valence-electron chi connectivity index (χ3n) is 3.20. The second-order valence-corrected chi connectivity index (χ2v) is 6.40. The molecule has 5 nitrogen and oxygen atoms in total. The highest BCUT2D eigenvalue weighted by Crippen LogP contribution is 2.32. The van der Waals surface area contributed by atoms with Crippen LogP contribution < -0.4 is 5.73 Å². The van der Waals surface area contributed by atoms with E-state index in [4.69, 9.17) is 10.5 Å². The maximum Gasteiger partial charge on any atom is 0.328 e. The Labute approximate surface area is 115 Å². The van der Waals surface area contributed by atoms with Crippen molar-refractivity contribution in [2.24, 2.45) is 5.41 Å². The molecule has 0 saturated carbocycles. The number of nitrogen functional groups attached to an aromatic ring is 1. The third kappa shape index (κ3) is 5.32. The molecule has 0 atom stereocenters. The van der Waals surface area contributed by atoms with Crippen LogP contribution in [-0.2, 0) is 16.1 Å². The molecule has 5 heteroatoms. The van der Waals surface area contributed by atoms with Crippen LogP contribution >= 0.6 is 0 Å². The summed E-state index contributed by atoms with van der Waals surface area (Å²) >= 11 is 0. The van der Waals surface area contributed by atoms with Gasteiger partial charge in [0.15, 0.2) is 0 Å². The molecule has 1 heterocycles. The molecule has 0 aliphatic rings. The summed E-state index contributed by atoms with van der Waals surface area (Å²) in [5.41, 5.74) is 5.76. The lowest BCUT2D eigenvalue weighted by atomic mass is 9.80. The highest BCUT2D eigenvalue weighted by molar-refractivity contribution is 5.69. The van der Waals surface area contributed by atoms with E-state index in [9.17, 15) is 4.79 Å². The van der Waals surface area contributed by atoms with E-state index >= 15 is 0 Å². The number of rotatable bonds is 6. The van der Waals surface area contributed by atoms with Crippen molar-refractivity contribution in [2.45, 2.75) is 59.6 Å². The molecule has 0 aliphatic carbocycles. The van der Waals surface area contributed by atoms with Crippen molar-refractivity contribution >= 4 is 11.7 Å². The standard InChI is InChI=1S/C14H25N3O2/c1-6-13(2,3)10-14(4,5)19-12(18)9-17-8-11(15)7-16-17/h7-8H,6,9-10,15H2,1-5H3. The molecule has 0 fully saturated rings. The minimum absolute atomic E-state index is 0.0905. The van der Waals surface area contributed by atoms with Crippen LogP contribution in [0, 0.1) is 5.41 Å². The number of hydrogen-bond donors (Lipinski definition) is 1. The highest BCUT2D eigenvalue weighted by atomic mass is 16.6. The number of anilines is 1. The summed E-state index contributed by atoms with van der Waals surface area (Å²) in [5, 5.41) is 3.97. The zero-order valence-corrected chi connectivity index (χ0v) is 12.6. The van der Waals surface area contributed by atoms with E-state index in [0.29, 0.717) is 5.69 Å². The number of nitrogens with two attached hydrogens (primary N) is 1. The largest absolute Gasteiger partial charge is 0.458 e. The van der Waals surface area contributed by atoms with Crippen LogP contribution in [0.25, 0.3) is 0 Å². The lowest BCUT2D eigenvalue weighted by molar-refractivity contribution is -0.160. The van der Waals surface area contributed by atoms with E-state index in [0.717, 1.165) is 12.8 Å². The number of aromatic nitrogens is 2. The van der Waals surface area contributed by atoms with Crippen molar-refractivity contribution in [1.82, 2.24) is 9.78 Å². The normalized spacial score (nSPS) is 12.5. The minimum atomic E-state index is -0.477. The van der Waals surface area contributed by atoms with Crippen molar-refractivity contribution in [3.8, 4) is 0 Å². The third-order valence-corrected chi connectivity index (χ3v) is 3.20. The lowest BCUT2D eigenvalue weighted by Gasteiger charge is -2.34. The second kappa shape index (κ2) is 5.63. The van der Waals surface area contributed by atoms with Crippen molar-refractivity contribution in [3.05, 3.63) is 12.4 Å². The summed E-state index contributed by atoms with van der Waals surface area (Å²) in [5.74, 6) is -0.292. The summed E-state index contributed by atoms with van der Waals surface area (Å²) in [6, 6.07) is 0. The summed E-state index contributed by atoms with van der Waals surface area (Å²) in [7, 11) is 0. The van der Waals surface area contributed by atoms with Crippen LogP contribution in [0.1, 0.15) is 47.5 Å². The van der Waals surface area contributed by atoms with E-state index in [-0.39, 0.29) is 17.9 Å². The van der Waals surface area contributed by atoms with Crippen molar-refractivity contribution in [2.75, 3.05) is 5.73 Å². The fourth-order valence-electron chi connectivity index (χ4n) is 2.25. The van der Waals surface area contributed by atoms with Crippen molar-refractivity contribution in [3.63, 3.8) is 0 Å². The van der Waals surface area contributed by atoms with Crippen LogP contribution in [0.4, 0.5) is 5.69 Å². The molecule has 2 N–H and O–H groups in total. The van der Waals surface area contributed by atoms with Gasteiger partial charge in [-0.1, -0.05) is 27.2 Å². The zero-order chi connectivity index (χ0) is 14.7. The molecule has 0 bridgehead atoms. The SMILES string of the molecule is CCC(C)(C)CC(C)(C)OC(=O)Cn1cc(N)cn1. The molecule has 0 unspecified atom stereocenters. The fourth-order valence-corrected chi connectivity index (χ4v) is 2.25. The van der Waals surface area contributed by atoms with Crippen LogP contribution in [-0.4, -0.2) is 21.4 Å². The van der Waals surface area contributed by atoms with Crippen molar-refractivity contribution in [1.29, 1.82) is 0 Å². The molecule has 0 spiro atoms. The van der Waals surface area contributed by atoms with Crippen LogP contribution in [0.5, 0.6) is 0 Å². The topological polar surface area (TPSA) is 70.1 Å². The number of carbonyl (C=O) groups is 1. The van der Waals surface area contributed by atoms with Gasteiger partial charge < -0.3 is 10.5 Å². The van der Waals surface area contributed by atoms with Gasteiger partial charge >= 0.3 is 5.97 Å². The summed E-state index contributed by atoms with van der Waals surface area (Å²) in [6.07, 6.45) is 5.00. The number of hydrogen-bond acceptors (Lipinski definition) is 4. The first-order chi connectivity index (χ1) is 8.63. The maximum absolute atomic E-state index is 11.9. The Balaban J connectivity index is 2.55. The molecule has 1 aromatic rings. The molecule has 1 aromatic heterocycles. The molecule has 0 amide bonds. The average Bonchev–Trinajstić information content (AvgIpc) is 2.61. The summed E-state index contributed by atoms with van der Waals surface area (Å²) in [6.45, 7) is 10.5. The van der Waals surface area contributed by atoms with Gasteiger partial charge in [-0.05, 0) is 25.7 Å². The summed E-state index contributed by atoms with van der Waals surface area (Å²) < 4.78 is 7.03. The molecule has 0 radical (unpaired) electrons. The number of ether oxygens (including phenoxy) is 1. The Bertz CT molecular complexity index is 436. The highest BCUT2D eigenvalue weighted by Gasteiger charge is 2.30. The predicted octanol–water partition coefficient (Wildman–Crippen LogP) is 2.61. The van der Waals surface area contributed by atoms with Crippen LogP contribution in [0.15, 0.2) is 12.4 Å². The van der Waals surface area contributed by atoms with Crippen LogP contribution in [0.3, 0.4) is 0 Å². The van der Waals surface area contributed by atoms with Crippen LogP contribution in [0.2, 0.25) is 0 Å². The molecular formula is C14H25N3O2. The molecule has 0 saturated heterocycles. The van der Waals surface area contributed by atoms with Gasteiger partial charge in [-0.15, -0.1) is 0 Å². The van der Waals surface area contributed by atoms with E-state index in [2.05, 4.69) is 25.9 Å². The van der Waals surface area contributed by atoms with Gasteiger partial charge in [0.05, 0.1) is 11.9 Å². The number of esters is 1. The number of carbonyl (C=O) groups excluding carboxylic acids is 1. The summed E-state index contributed by atoms with van der Waals surface area (Å²) in [4.78, 5) is 11.9. The molecule has 19 heavy (non-hydrogen) atoms. The first-order valence-electron chi connectivity index (χ1n) is 6.63. The Morgan fingerprint density at radius 2 is 2.05 bits per heavy atom. The molecule has 1 rings (SSSR count). The first kappa shape index (κ1) is 15.5. The van der Waals surface area contributed by atoms with Gasteiger partial charge in [0, 0.05) is 6.20 Å². The van der Waals surface area contributed by atoms with E-state index in [1.54, 1.807) is 6.20 Å². The Morgan fingerprint density at radius 1 is 1.42 bits per heavy atom. The number of nitrogens with zero attached hydrogens (tertiary/aromatic N) is 2. The minimum Gasteiger partial charge on any atom is -0.458 e. The Hall–Kier alpha value is -1.52. The monoisotopic (exact) mass is 267 g/mol. The van der Waals surface area contributed by atoms with Gasteiger partial charge in [-0.25, -0.2) is 0 Å². The lowest BCUT2D eigenvalue weighted by Crippen LogP contribution is -2.34. The van der Waals surface area contributed by atoms with Gasteiger partial charge in [0.1, 0.15) is 12.1 Å². The van der Waals surface area contributed by atoms with E-state index < -0.39 is 5.60 Å². The average molecular weight is 267 g/mol. The van der Waals surface area contributed by atoms with Gasteiger partial charge in [-0.2, -0.15) is 5.10 Å². The molecular weight excluding hydrogens is 242 g/mol. The predicted molar refractivity (Wildman–Crippen MR) is 75.5 cm³/mol. The molecule has 0 aromatic carbocycles. The molecule has 0 aliphatic heterocycles. The van der Waals surface area contributed by atoms with Gasteiger partial charge in [-0.3, -0.25) is 9.48 Å². The van der Waals surface area contributed by atoms with Gasteiger partial charge in [0.25, 0.3) is 0 Å². The van der Waals surface area contributed by atoms with Gasteiger partial charge in [0.2, 0.25) is 0 Å². The Kier molecular flexibility index (Phi) is 4.61. The maximum atomic E-state index is 11.9. The van der Waals surface area contributed by atoms with E-state index in [1.165, 1.54) is 10.9 Å². The fraction of sp³-hybridized carbons (Fsp3) is 0.714. The Morgan fingerprint density at radius 3 is 2.53 bits per heavy atom. The second-order valence-electron chi connectivity index (χ2n) is 6.40. The molecule has 108 valence electrons.